The summed E-state index contributed by atoms with van der Waals surface area (Å²) in [6.07, 6.45) is 0. The van der Waals surface area contributed by atoms with E-state index in [1.165, 1.54) is 5.61 Å². The average Bonchev–Trinajstić information content (AvgIpc) is 1.68. The summed E-state index contributed by atoms with van der Waals surface area (Å²) in [6.45, 7) is 4.18. The first kappa shape index (κ1) is 6.86. The van der Waals surface area contributed by atoms with E-state index in [-0.39, 0.29) is 0 Å². The van der Waals surface area contributed by atoms with Gasteiger partial charge in [0.15, 0.2) is 7.28 Å². The fraction of sp³-hybridized carbons (Fsp3) is 0.667. The summed E-state index contributed by atoms with van der Waals surface area (Å²) < 4.78 is 0. The van der Waals surface area contributed by atoms with Crippen molar-refractivity contribution in [3.05, 3.63) is 0 Å². The Balaban J connectivity index is 3.29. The van der Waals surface area contributed by atoms with Crippen LogP contribution in [0.1, 0.15) is 6.92 Å². The molecule has 0 aliphatic heterocycles. The molecule has 0 saturated heterocycles. The molecule has 0 rings (SSSR count). The lowest BCUT2D eigenvalue weighted by Gasteiger charge is -1.86. The molecular formula is C3H10B3N. The molecule has 0 amide bonds. The largest absolute Gasteiger partial charge is 0.375 e. The molecule has 0 fully saturated rings. The third-order valence-electron chi connectivity index (χ3n) is 0.940. The first-order valence-corrected chi connectivity index (χ1v) is 2.81. The van der Waals surface area contributed by atoms with Crippen LogP contribution in [0.4, 0.5) is 0 Å². The van der Waals surface area contributed by atoms with Gasteiger partial charge in [0.25, 0.3) is 0 Å². The van der Waals surface area contributed by atoms with E-state index >= 15 is 0 Å². The van der Waals surface area contributed by atoms with Crippen molar-refractivity contribution in [2.24, 2.45) is 4.90 Å². The summed E-state index contributed by atoms with van der Waals surface area (Å²) in [5.74, 6) is 0. The maximum absolute atomic E-state index is 4.16. The van der Waals surface area contributed by atoms with E-state index < -0.39 is 0 Å². The fourth-order valence-corrected chi connectivity index (χ4v) is 0.382. The van der Waals surface area contributed by atoms with Crippen LogP contribution in [0.5, 0.6) is 0 Å². The summed E-state index contributed by atoms with van der Waals surface area (Å²) in [5.41, 5.74) is 1.25. The molecule has 0 radical (unpaired) electrons. The summed E-state index contributed by atoms with van der Waals surface area (Å²) in [6, 6.07) is 0. The molecule has 0 unspecified atom stereocenters. The lowest BCUT2D eigenvalue weighted by atomic mass is 9.66. The van der Waals surface area contributed by atoms with Crippen LogP contribution in [0.15, 0.2) is 4.90 Å². The molecule has 7 heavy (non-hydrogen) atoms. The molecule has 0 aliphatic rings. The Kier molecular flexibility index (Phi) is 3.96. The van der Waals surface area contributed by atoms with Crippen LogP contribution in [0.2, 0.25) is 6.82 Å². The van der Waals surface area contributed by atoms with Gasteiger partial charge in [-0.2, -0.15) is 0 Å². The molecule has 1 nitrogen and oxygen atoms in total. The van der Waals surface area contributed by atoms with Crippen LogP contribution in [-0.2, 0) is 0 Å². The molecule has 0 spiro atoms. The zero-order valence-corrected chi connectivity index (χ0v) is 5.36. The van der Waals surface area contributed by atoms with Gasteiger partial charge >= 0.3 is 0 Å². The fourth-order valence-electron chi connectivity index (χ4n) is 0.382. The highest BCUT2D eigenvalue weighted by Gasteiger charge is 1.81. The zero-order valence-electron chi connectivity index (χ0n) is 5.36. The van der Waals surface area contributed by atoms with Crippen molar-refractivity contribution >= 4 is 27.9 Å². The van der Waals surface area contributed by atoms with E-state index in [0.717, 1.165) is 14.6 Å². The Morgan fingerprint density at radius 1 is 1.71 bits per heavy atom. The van der Waals surface area contributed by atoms with Gasteiger partial charge in [-0.3, -0.25) is 0 Å². The Morgan fingerprint density at radius 3 is 2.43 bits per heavy atom. The summed E-state index contributed by atoms with van der Waals surface area (Å²) in [7, 11) is 4.08. The molecular weight excluding hydrogens is 82.5 g/mol. The summed E-state index contributed by atoms with van der Waals surface area (Å²) in [4.78, 5) is 4.16. The van der Waals surface area contributed by atoms with Crippen molar-refractivity contribution < 1.29 is 0 Å². The minimum Gasteiger partial charge on any atom is -0.375 e. The van der Waals surface area contributed by atoms with Crippen LogP contribution in [0, 0.1) is 0 Å². The van der Waals surface area contributed by atoms with E-state index in [2.05, 4.69) is 26.4 Å². The Morgan fingerprint density at radius 2 is 2.29 bits per heavy atom. The summed E-state index contributed by atoms with van der Waals surface area (Å²) >= 11 is 0. The van der Waals surface area contributed by atoms with E-state index in [4.69, 9.17) is 0 Å². The lowest BCUT2D eigenvalue weighted by Crippen LogP contribution is -2.01. The Labute approximate surface area is 47.5 Å². The minimum atomic E-state index is 0.930. The van der Waals surface area contributed by atoms with Gasteiger partial charge in [-0.25, -0.2) is 0 Å². The van der Waals surface area contributed by atoms with E-state index in [1.807, 2.05) is 0 Å². The van der Waals surface area contributed by atoms with Crippen molar-refractivity contribution in [3.63, 3.8) is 0 Å². The molecule has 0 aromatic rings. The highest BCUT2D eigenvalue weighted by atomic mass is 14.6. The smallest absolute Gasteiger partial charge is 0.217 e. The first-order valence-electron chi connectivity index (χ1n) is 2.81. The molecule has 0 bridgehead atoms. The van der Waals surface area contributed by atoms with Crippen molar-refractivity contribution in [2.45, 2.75) is 13.7 Å². The number of rotatable bonds is 2. The monoisotopic (exact) mass is 93.1 g/mol. The normalized spacial score (nSPS) is 10.9. The molecule has 0 atom stereocenters. The van der Waals surface area contributed by atoms with E-state index in [9.17, 15) is 0 Å². The van der Waals surface area contributed by atoms with Crippen molar-refractivity contribution in [1.82, 2.24) is 0 Å². The van der Waals surface area contributed by atoms with E-state index in [0.29, 0.717) is 0 Å². The van der Waals surface area contributed by atoms with Crippen molar-refractivity contribution in [2.75, 3.05) is 0 Å². The molecule has 36 valence electrons. The number of hydrogen-bond donors (Lipinski definition) is 0. The molecule has 0 aliphatic carbocycles. The third kappa shape index (κ3) is 3.70. The first-order chi connectivity index (χ1) is 3.31. The third-order valence-corrected chi connectivity index (χ3v) is 0.940. The molecule has 0 N–H and O–H groups in total. The van der Waals surface area contributed by atoms with Crippen LogP contribution in [-0.4, -0.2) is 27.9 Å². The van der Waals surface area contributed by atoms with Gasteiger partial charge in [-0.1, -0.05) is 6.82 Å². The molecule has 4 heteroatoms. The standard InChI is InChI=1S/C3H10B3N/c1-3(5-2)7-6-4/h5-6H,4H2,1-2H3/b7-3-. The van der Waals surface area contributed by atoms with Gasteiger partial charge in [0, 0.05) is 0 Å². The van der Waals surface area contributed by atoms with Gasteiger partial charge in [0.1, 0.15) is 0 Å². The SMILES string of the molecule is BB/N=C(/C)BC. The molecule has 0 aromatic heterocycles. The van der Waals surface area contributed by atoms with Gasteiger partial charge in [0.05, 0.1) is 7.74 Å². The molecule has 0 heterocycles. The van der Waals surface area contributed by atoms with Crippen LogP contribution in [0.3, 0.4) is 0 Å². The highest BCUT2D eigenvalue weighted by Crippen LogP contribution is 1.68. The minimum absolute atomic E-state index is 0.930. The summed E-state index contributed by atoms with van der Waals surface area (Å²) in [5, 5.41) is 0. The van der Waals surface area contributed by atoms with Gasteiger partial charge in [-0.05, 0) is 12.5 Å². The number of hydrogen-bond acceptors (Lipinski definition) is 1. The van der Waals surface area contributed by atoms with Crippen LogP contribution < -0.4 is 0 Å². The predicted molar refractivity (Wildman–Crippen MR) is 41.8 cm³/mol. The van der Waals surface area contributed by atoms with E-state index in [1.54, 1.807) is 0 Å². The Hall–Kier alpha value is -0.135. The van der Waals surface area contributed by atoms with Crippen LogP contribution in [0.25, 0.3) is 0 Å². The maximum Gasteiger partial charge on any atom is 0.217 e. The highest BCUT2D eigenvalue weighted by molar-refractivity contribution is 6.90. The lowest BCUT2D eigenvalue weighted by molar-refractivity contribution is 1.81. The van der Waals surface area contributed by atoms with Crippen molar-refractivity contribution in [3.8, 4) is 0 Å². The van der Waals surface area contributed by atoms with Gasteiger partial charge in [-0.15, -0.1) is 0 Å². The topological polar surface area (TPSA) is 12.4 Å². The zero-order chi connectivity index (χ0) is 5.70. The second-order valence-electron chi connectivity index (χ2n) is 1.56. The second kappa shape index (κ2) is 4.04. The number of nitrogens with zero attached hydrogens (tertiary/aromatic N) is 1. The predicted octanol–water partition coefficient (Wildman–Crippen LogP) is -1.21. The second-order valence-corrected chi connectivity index (χ2v) is 1.56. The maximum atomic E-state index is 4.16. The quantitative estimate of drug-likeness (QED) is 0.299. The Bertz CT molecular complexity index is 70.6. The van der Waals surface area contributed by atoms with Crippen molar-refractivity contribution in [1.29, 1.82) is 0 Å². The molecule has 0 aromatic carbocycles. The molecule has 0 saturated carbocycles. The van der Waals surface area contributed by atoms with Gasteiger partial charge in [0.2, 0.25) is 7.31 Å². The van der Waals surface area contributed by atoms with Gasteiger partial charge < -0.3 is 4.90 Å². The van der Waals surface area contributed by atoms with Crippen LogP contribution >= 0.6 is 0 Å². The average molecular weight is 92.6 g/mol.